The van der Waals surface area contributed by atoms with Crippen LogP contribution in [0.2, 0.25) is 0 Å². The number of methoxy groups -OCH3 is 2. The van der Waals surface area contributed by atoms with E-state index in [2.05, 4.69) is 10.3 Å². The average Bonchev–Trinajstić information content (AvgIpc) is 3.46. The molecule has 176 valence electrons. The van der Waals surface area contributed by atoms with Gasteiger partial charge in [0.15, 0.2) is 16.5 Å². The van der Waals surface area contributed by atoms with Crippen molar-refractivity contribution in [2.24, 2.45) is 0 Å². The predicted octanol–water partition coefficient (Wildman–Crippen LogP) is 4.10. The molecule has 2 aromatic heterocycles. The standard InChI is InChI=1S/C25H32N4O3S/c1-31-22-9-8-18(14-23(22)32-2)21-16-29-20(17-33-25(29)26-21)15-24(30)28-12-10-27(11-13-28)19-6-4-3-5-7-19/h8-9,14,16-17,19H,3-7,10-13,15H2,1-2H3. The highest BCUT2D eigenvalue weighted by Crippen LogP contribution is 2.33. The molecule has 0 bridgehead atoms. The largest absolute Gasteiger partial charge is 0.493 e. The molecule has 3 aromatic rings. The summed E-state index contributed by atoms with van der Waals surface area (Å²) < 4.78 is 12.8. The van der Waals surface area contributed by atoms with Crippen LogP contribution in [0.25, 0.3) is 16.2 Å². The van der Waals surface area contributed by atoms with Crippen molar-refractivity contribution in [1.82, 2.24) is 19.2 Å². The number of amides is 1. The van der Waals surface area contributed by atoms with E-state index in [1.165, 1.54) is 32.1 Å². The van der Waals surface area contributed by atoms with Gasteiger partial charge in [-0.25, -0.2) is 4.98 Å². The highest BCUT2D eigenvalue weighted by atomic mass is 32.1. The van der Waals surface area contributed by atoms with E-state index < -0.39 is 0 Å². The number of aromatic nitrogens is 2. The van der Waals surface area contributed by atoms with E-state index in [0.29, 0.717) is 17.9 Å². The van der Waals surface area contributed by atoms with E-state index in [9.17, 15) is 4.79 Å². The summed E-state index contributed by atoms with van der Waals surface area (Å²) in [5.74, 6) is 1.57. The molecule has 1 amide bonds. The van der Waals surface area contributed by atoms with Crippen molar-refractivity contribution >= 4 is 22.2 Å². The lowest BCUT2D eigenvalue weighted by Crippen LogP contribution is -2.52. The highest BCUT2D eigenvalue weighted by molar-refractivity contribution is 7.15. The molecule has 1 saturated heterocycles. The van der Waals surface area contributed by atoms with Crippen LogP contribution in [0, 0.1) is 0 Å². The molecular formula is C25H32N4O3S. The van der Waals surface area contributed by atoms with Gasteiger partial charge in [-0.2, -0.15) is 0 Å². The summed E-state index contributed by atoms with van der Waals surface area (Å²) in [5.41, 5.74) is 2.81. The number of imidazole rings is 1. The molecule has 0 N–H and O–H groups in total. The van der Waals surface area contributed by atoms with Crippen LogP contribution in [-0.4, -0.2) is 71.5 Å². The van der Waals surface area contributed by atoms with Crippen molar-refractivity contribution in [1.29, 1.82) is 0 Å². The number of benzene rings is 1. The average molecular weight is 469 g/mol. The summed E-state index contributed by atoms with van der Waals surface area (Å²) in [6.45, 7) is 3.68. The molecule has 0 spiro atoms. The van der Waals surface area contributed by atoms with Crippen molar-refractivity contribution in [3.63, 3.8) is 0 Å². The second-order valence-corrected chi connectivity index (χ2v) is 9.80. The summed E-state index contributed by atoms with van der Waals surface area (Å²) in [6, 6.07) is 6.53. The Bertz CT molecular complexity index is 1110. The molecule has 3 heterocycles. The molecular weight excluding hydrogens is 436 g/mol. The molecule has 1 aliphatic carbocycles. The Morgan fingerprint density at radius 3 is 2.55 bits per heavy atom. The summed E-state index contributed by atoms with van der Waals surface area (Å²) >= 11 is 1.57. The van der Waals surface area contributed by atoms with Gasteiger partial charge in [0.2, 0.25) is 5.91 Å². The van der Waals surface area contributed by atoms with E-state index in [-0.39, 0.29) is 5.91 Å². The minimum Gasteiger partial charge on any atom is -0.493 e. The maximum absolute atomic E-state index is 13.1. The summed E-state index contributed by atoms with van der Waals surface area (Å²) in [5, 5.41) is 2.05. The van der Waals surface area contributed by atoms with Gasteiger partial charge < -0.3 is 14.4 Å². The fourth-order valence-corrected chi connectivity index (χ4v) is 6.01. The topological polar surface area (TPSA) is 59.3 Å². The van der Waals surface area contributed by atoms with Gasteiger partial charge in [-0.15, -0.1) is 11.3 Å². The van der Waals surface area contributed by atoms with E-state index in [4.69, 9.17) is 14.5 Å². The number of piperazine rings is 1. The number of thiazole rings is 1. The van der Waals surface area contributed by atoms with Crippen molar-refractivity contribution in [2.75, 3.05) is 40.4 Å². The van der Waals surface area contributed by atoms with E-state index in [0.717, 1.165) is 54.1 Å². The van der Waals surface area contributed by atoms with Crippen LogP contribution < -0.4 is 9.47 Å². The fourth-order valence-electron chi connectivity index (χ4n) is 5.14. The highest BCUT2D eigenvalue weighted by Gasteiger charge is 2.27. The first-order chi connectivity index (χ1) is 16.2. The molecule has 1 aromatic carbocycles. The van der Waals surface area contributed by atoms with Crippen LogP contribution in [0.4, 0.5) is 0 Å². The minimum absolute atomic E-state index is 0.208. The van der Waals surface area contributed by atoms with Gasteiger partial charge in [0.1, 0.15) is 0 Å². The van der Waals surface area contributed by atoms with Gasteiger partial charge in [-0.3, -0.25) is 14.1 Å². The zero-order valence-corrected chi connectivity index (χ0v) is 20.3. The van der Waals surface area contributed by atoms with Crippen LogP contribution in [-0.2, 0) is 11.2 Å². The number of hydrogen-bond acceptors (Lipinski definition) is 6. The van der Waals surface area contributed by atoms with Crippen LogP contribution in [0.3, 0.4) is 0 Å². The van der Waals surface area contributed by atoms with Gasteiger partial charge >= 0.3 is 0 Å². The molecule has 0 atom stereocenters. The number of carbonyl (C=O) groups excluding carboxylic acids is 1. The smallest absolute Gasteiger partial charge is 0.228 e. The Balaban J connectivity index is 1.25. The van der Waals surface area contributed by atoms with Crippen LogP contribution >= 0.6 is 11.3 Å². The first-order valence-corrected chi connectivity index (χ1v) is 12.7. The molecule has 0 unspecified atom stereocenters. The van der Waals surface area contributed by atoms with Crippen molar-refractivity contribution in [2.45, 2.75) is 44.6 Å². The van der Waals surface area contributed by atoms with Gasteiger partial charge in [-0.05, 0) is 31.0 Å². The van der Waals surface area contributed by atoms with Gasteiger partial charge in [0.25, 0.3) is 0 Å². The third-order valence-corrected chi connectivity index (χ3v) is 7.94. The number of fused-ring (bicyclic) bond motifs is 1. The van der Waals surface area contributed by atoms with Crippen molar-refractivity contribution < 1.29 is 14.3 Å². The van der Waals surface area contributed by atoms with Crippen LogP contribution in [0.15, 0.2) is 29.8 Å². The number of nitrogens with zero attached hydrogens (tertiary/aromatic N) is 4. The van der Waals surface area contributed by atoms with Crippen molar-refractivity contribution in [3.05, 3.63) is 35.5 Å². The van der Waals surface area contributed by atoms with Gasteiger partial charge in [0, 0.05) is 55.1 Å². The molecule has 2 fully saturated rings. The molecule has 0 radical (unpaired) electrons. The fraction of sp³-hybridized carbons (Fsp3) is 0.520. The molecule has 8 heteroatoms. The molecule has 1 saturated carbocycles. The monoisotopic (exact) mass is 468 g/mol. The third kappa shape index (κ3) is 4.59. The molecule has 7 nitrogen and oxygen atoms in total. The SMILES string of the molecule is COc1ccc(-c2cn3c(CC(=O)N4CCN(C5CCCCC5)CC4)csc3n2)cc1OC. The maximum atomic E-state index is 13.1. The minimum atomic E-state index is 0.208. The van der Waals surface area contributed by atoms with Crippen molar-refractivity contribution in [3.8, 4) is 22.8 Å². The molecule has 1 aliphatic heterocycles. The lowest BCUT2D eigenvalue weighted by Gasteiger charge is -2.40. The number of rotatable bonds is 6. The Hall–Kier alpha value is -2.58. The molecule has 5 rings (SSSR count). The normalized spacial score (nSPS) is 18.1. The first-order valence-electron chi connectivity index (χ1n) is 11.9. The maximum Gasteiger partial charge on any atom is 0.228 e. The Kier molecular flexibility index (Phi) is 6.55. The number of hydrogen-bond donors (Lipinski definition) is 0. The summed E-state index contributed by atoms with van der Waals surface area (Å²) in [7, 11) is 3.26. The van der Waals surface area contributed by atoms with Crippen LogP contribution in [0.1, 0.15) is 37.8 Å². The molecule has 33 heavy (non-hydrogen) atoms. The second kappa shape index (κ2) is 9.73. The summed E-state index contributed by atoms with van der Waals surface area (Å²) in [6.07, 6.45) is 9.16. The Morgan fingerprint density at radius 2 is 1.82 bits per heavy atom. The number of ether oxygens (including phenoxy) is 2. The molecule has 2 aliphatic rings. The van der Waals surface area contributed by atoms with E-state index in [1.807, 2.05) is 33.7 Å². The second-order valence-electron chi connectivity index (χ2n) is 8.96. The zero-order valence-electron chi connectivity index (χ0n) is 19.5. The van der Waals surface area contributed by atoms with E-state index in [1.54, 1.807) is 25.6 Å². The van der Waals surface area contributed by atoms with Crippen LogP contribution in [0.5, 0.6) is 11.5 Å². The number of carbonyl (C=O) groups is 1. The van der Waals surface area contributed by atoms with Gasteiger partial charge in [0.05, 0.1) is 26.3 Å². The van der Waals surface area contributed by atoms with Gasteiger partial charge in [-0.1, -0.05) is 19.3 Å². The predicted molar refractivity (Wildman–Crippen MR) is 130 cm³/mol. The zero-order chi connectivity index (χ0) is 22.8. The lowest BCUT2D eigenvalue weighted by molar-refractivity contribution is -0.132. The Morgan fingerprint density at radius 1 is 1.06 bits per heavy atom. The summed E-state index contributed by atoms with van der Waals surface area (Å²) in [4.78, 5) is 23.4. The Labute approximate surface area is 198 Å². The lowest BCUT2D eigenvalue weighted by atomic mass is 9.94. The first kappa shape index (κ1) is 22.2. The quantitative estimate of drug-likeness (QED) is 0.545. The third-order valence-electron chi connectivity index (χ3n) is 7.05. The van der Waals surface area contributed by atoms with E-state index >= 15 is 0 Å².